The lowest BCUT2D eigenvalue weighted by atomic mass is 9.71. The molecule has 0 saturated carbocycles. The molecule has 0 aliphatic rings. The van der Waals surface area contributed by atoms with E-state index in [-0.39, 0.29) is 66.2 Å². The number of hydrogen-bond acceptors (Lipinski definition) is 15. The molecule has 0 saturated heterocycles. The van der Waals surface area contributed by atoms with Crippen LogP contribution in [-0.4, -0.2) is 128 Å². The van der Waals surface area contributed by atoms with Gasteiger partial charge in [0.25, 0.3) is 0 Å². The number of aliphatic carboxylic acids is 2. The number of halogens is 1. The number of amides is 5. The highest BCUT2D eigenvalue weighted by Gasteiger charge is 2.43. The van der Waals surface area contributed by atoms with Gasteiger partial charge in [0, 0.05) is 82.6 Å². The third-order valence-electron chi connectivity index (χ3n) is 10.4. The zero-order valence-electron chi connectivity index (χ0n) is 47.5. The highest BCUT2D eigenvalue weighted by molar-refractivity contribution is 8.24. The largest absolute Gasteiger partial charge is 0.481 e. The first-order valence-corrected chi connectivity index (χ1v) is 27.4. The summed E-state index contributed by atoms with van der Waals surface area (Å²) < 4.78 is -0.437. The first-order chi connectivity index (χ1) is 33.9. The second-order valence-corrected chi connectivity index (χ2v) is 26.4. The van der Waals surface area contributed by atoms with Gasteiger partial charge in [-0.25, -0.2) is 0 Å². The molecular weight excluding hydrogens is 1060 g/mol. The number of hydrogen-bond donors (Lipinski definition) is 10. The predicted molar refractivity (Wildman–Crippen MR) is 319 cm³/mol. The predicted octanol–water partition coefficient (Wildman–Crippen LogP) is 7.44. The summed E-state index contributed by atoms with van der Waals surface area (Å²) >= 11 is 12.2. The number of carboxylic acids is 2. The van der Waals surface area contributed by atoms with Crippen molar-refractivity contribution < 1.29 is 43.8 Å². The van der Waals surface area contributed by atoms with Crippen LogP contribution in [0.4, 0.5) is 0 Å². The van der Waals surface area contributed by atoms with E-state index in [1.807, 2.05) is 6.92 Å². The average Bonchev–Trinajstić information content (AvgIpc) is 3.26. The van der Waals surface area contributed by atoms with E-state index in [9.17, 15) is 38.7 Å². The van der Waals surface area contributed by atoms with E-state index < -0.39 is 32.3 Å². The lowest BCUT2D eigenvalue weighted by Crippen LogP contribution is -2.47. The van der Waals surface area contributed by atoms with Crippen LogP contribution in [0.5, 0.6) is 0 Å². The SMILES string of the molecule is C=C(C)C(=O)NCCN.CC(=S)SC(C)(C)C(=O)O.CC(=S)SC(C)(CC(C)(C)C(=O)O)C(=O)NCCN.CC(C)CC(CCCC(C)(CC(C)(C)C)C(=O)NCCN)C(=O)NCCCCCNC(=O)CN=[N+]=[N-].Cl. The molecule has 3 unspecified atom stereocenters. The monoisotopic (exact) mass is 1160 g/mol. The van der Waals surface area contributed by atoms with Gasteiger partial charge in [0.05, 0.1) is 10.2 Å². The molecule has 436 valence electrons. The summed E-state index contributed by atoms with van der Waals surface area (Å²) in [5.41, 5.74) is 23.3. The van der Waals surface area contributed by atoms with Gasteiger partial charge in [0.1, 0.15) is 11.3 Å². The van der Waals surface area contributed by atoms with Crippen molar-refractivity contribution in [3.8, 4) is 0 Å². The standard InChI is InChI=1S/C26H51N7O3.C12H22N2O3S2.C6H12N2O.C6H10O2S2.ClH/c1-20(2)17-21(23(35)30-15-9-7-8-14-29-22(34)18-32-33-28)11-10-12-26(6,19-25(3,4)5)24(36)31-16-13-27;1-8(18)19-12(4,9(15)14-6-5-13)7-11(2,3)10(16)17;1-5(2)6(9)8-4-3-7;1-4(9)10-6(2,3)5(7)8;/h20-21H,7-19,27H2,1-6H3,(H,29,34)(H,30,35)(H,31,36);5-7,13H2,1-4H3,(H,14,15)(H,16,17);1,3-4,7H2,2H3,(H,8,9);1-3H3,(H,7,8);1H. The highest BCUT2D eigenvalue weighted by atomic mass is 35.5. The molecule has 0 aliphatic carbocycles. The number of nitrogens with one attached hydrogen (secondary N) is 5. The minimum Gasteiger partial charge on any atom is -0.481 e. The molecule has 0 radical (unpaired) electrons. The molecule has 0 aromatic heterocycles. The van der Waals surface area contributed by atoms with Crippen molar-refractivity contribution in [3.63, 3.8) is 0 Å². The van der Waals surface area contributed by atoms with E-state index in [1.54, 1.807) is 55.4 Å². The third kappa shape index (κ3) is 43.1. The Morgan fingerprint density at radius 2 is 1.16 bits per heavy atom. The van der Waals surface area contributed by atoms with Crippen LogP contribution < -0.4 is 43.8 Å². The molecule has 13 N–H and O–H groups in total. The van der Waals surface area contributed by atoms with Crippen LogP contribution in [0.1, 0.15) is 155 Å². The van der Waals surface area contributed by atoms with Gasteiger partial charge in [-0.05, 0) is 124 Å². The molecular formula is C50H96ClN11O9S4. The zero-order valence-corrected chi connectivity index (χ0v) is 51.5. The Balaban J connectivity index is -0.000000345. The fourth-order valence-electron chi connectivity index (χ4n) is 7.19. The number of carbonyl (C=O) groups is 7. The molecule has 5 amide bonds. The molecule has 0 aromatic carbocycles. The van der Waals surface area contributed by atoms with Gasteiger partial charge in [-0.15, -0.1) is 35.9 Å². The summed E-state index contributed by atoms with van der Waals surface area (Å²) in [6, 6.07) is 0. The highest BCUT2D eigenvalue weighted by Crippen LogP contribution is 2.40. The van der Waals surface area contributed by atoms with Gasteiger partial charge < -0.3 is 54.0 Å². The molecule has 0 bridgehead atoms. The number of rotatable bonds is 31. The van der Waals surface area contributed by atoms with Crippen LogP contribution in [0, 0.1) is 28.1 Å². The summed E-state index contributed by atoms with van der Waals surface area (Å²) in [5, 5.41) is 35.1. The molecule has 0 spiro atoms. The lowest BCUT2D eigenvalue weighted by molar-refractivity contribution is -0.148. The quantitative estimate of drug-likeness (QED) is 0.00805. The third-order valence-corrected chi connectivity index (χ3v) is 13.0. The lowest BCUT2D eigenvalue weighted by Gasteiger charge is -2.35. The van der Waals surface area contributed by atoms with E-state index in [1.165, 1.54) is 23.5 Å². The molecule has 0 fully saturated rings. The Hall–Kier alpha value is -3.61. The van der Waals surface area contributed by atoms with E-state index in [0.29, 0.717) is 72.2 Å². The molecule has 25 heteroatoms. The molecule has 75 heavy (non-hydrogen) atoms. The van der Waals surface area contributed by atoms with Crippen LogP contribution in [0.2, 0.25) is 0 Å². The van der Waals surface area contributed by atoms with Gasteiger partial charge in [0.2, 0.25) is 29.5 Å². The van der Waals surface area contributed by atoms with E-state index in [0.717, 1.165) is 51.4 Å². The minimum atomic E-state index is -1.01. The summed E-state index contributed by atoms with van der Waals surface area (Å²) in [4.78, 5) is 84.3. The zero-order chi connectivity index (χ0) is 58.5. The maximum Gasteiger partial charge on any atom is 0.319 e. The second-order valence-electron chi connectivity index (χ2n) is 21.1. The molecule has 3 atom stereocenters. The molecule has 0 heterocycles. The number of azide groups is 1. The minimum absolute atomic E-state index is 0. The number of nitrogens with zero attached hydrogens (tertiary/aromatic N) is 3. The number of thioether (sulfide) groups is 2. The van der Waals surface area contributed by atoms with Crippen LogP contribution in [-0.2, 0) is 33.6 Å². The fourth-order valence-corrected chi connectivity index (χ4v) is 10.4. The summed E-state index contributed by atoms with van der Waals surface area (Å²) in [6.45, 7) is 33.0. The van der Waals surface area contributed by atoms with Gasteiger partial charge in [-0.3, -0.25) is 33.6 Å². The van der Waals surface area contributed by atoms with Crippen molar-refractivity contribution in [2.75, 3.05) is 58.9 Å². The molecule has 20 nitrogen and oxygen atoms in total. The maximum absolute atomic E-state index is 12.9. The maximum atomic E-state index is 12.9. The number of unbranched alkanes of at least 4 members (excludes halogenated alkanes) is 2. The van der Waals surface area contributed by atoms with Crippen molar-refractivity contribution in [3.05, 3.63) is 22.6 Å². The first-order valence-electron chi connectivity index (χ1n) is 25.0. The number of thiocarbonyl (C=S) groups is 2. The fraction of sp³-hybridized carbons (Fsp3) is 0.780. The van der Waals surface area contributed by atoms with Crippen molar-refractivity contribution >= 4 is 110 Å². The van der Waals surface area contributed by atoms with Gasteiger partial charge >= 0.3 is 11.9 Å². The Kier molecular flexibility index (Phi) is 45.4. The van der Waals surface area contributed by atoms with E-state index in [4.69, 9.17) is 52.3 Å². The summed E-state index contributed by atoms with van der Waals surface area (Å²) in [5.74, 6) is -1.96. The first kappa shape index (κ1) is 80.3. The van der Waals surface area contributed by atoms with Crippen LogP contribution in [0.15, 0.2) is 17.3 Å². The summed E-state index contributed by atoms with van der Waals surface area (Å²) in [7, 11) is 0. The van der Waals surface area contributed by atoms with E-state index in [2.05, 4.69) is 77.8 Å². The normalized spacial score (nSPS) is 12.9. The topological polar surface area (TPSA) is 347 Å². The van der Waals surface area contributed by atoms with Crippen molar-refractivity contribution in [1.82, 2.24) is 26.6 Å². The number of carbonyl (C=O) groups excluding carboxylic acids is 5. The van der Waals surface area contributed by atoms with Gasteiger partial charge in [-0.1, -0.05) is 84.1 Å². The number of carboxylic acid groups (broad SMARTS) is 2. The van der Waals surface area contributed by atoms with Crippen molar-refractivity contribution in [1.29, 1.82) is 0 Å². The Morgan fingerprint density at radius 1 is 0.680 bits per heavy atom. The van der Waals surface area contributed by atoms with Crippen molar-refractivity contribution in [2.45, 2.75) is 164 Å². The Labute approximate surface area is 474 Å². The molecule has 0 aromatic rings. The summed E-state index contributed by atoms with van der Waals surface area (Å²) in [6.07, 6.45) is 6.57. The smallest absolute Gasteiger partial charge is 0.319 e. The van der Waals surface area contributed by atoms with Crippen molar-refractivity contribution in [2.24, 2.45) is 50.4 Å². The van der Waals surface area contributed by atoms with E-state index >= 15 is 0 Å². The Bertz CT molecular complexity index is 1850. The average molecular weight is 1160 g/mol. The second kappa shape index (κ2) is 42.4. The molecule has 0 rings (SSSR count). The van der Waals surface area contributed by atoms with Gasteiger partial charge in [0.15, 0.2) is 0 Å². The van der Waals surface area contributed by atoms with Crippen LogP contribution in [0.25, 0.3) is 10.4 Å². The Morgan fingerprint density at radius 3 is 1.56 bits per heavy atom. The number of nitrogens with two attached hydrogens (primary N) is 3. The van der Waals surface area contributed by atoms with Crippen LogP contribution >= 0.6 is 60.4 Å². The van der Waals surface area contributed by atoms with Crippen LogP contribution in [0.3, 0.4) is 0 Å². The van der Waals surface area contributed by atoms with Gasteiger partial charge in [-0.2, -0.15) is 0 Å². The molecule has 0 aliphatic heterocycles.